The molecule has 0 atom stereocenters. The Labute approximate surface area is 111 Å². The molecule has 0 aliphatic heterocycles. The molecule has 1 saturated carbocycles. The van der Waals surface area contributed by atoms with Gasteiger partial charge in [0.15, 0.2) is 0 Å². The van der Waals surface area contributed by atoms with Gasteiger partial charge in [0.25, 0.3) is 0 Å². The summed E-state index contributed by atoms with van der Waals surface area (Å²) in [4.78, 5) is 14.0. The van der Waals surface area contributed by atoms with E-state index in [4.69, 9.17) is 5.73 Å². The van der Waals surface area contributed by atoms with E-state index in [1.165, 1.54) is 32.1 Å². The second kappa shape index (κ2) is 7.62. The Hall–Kier alpha value is -0.770. The van der Waals surface area contributed by atoms with Gasteiger partial charge in [-0.25, -0.2) is 4.79 Å². The summed E-state index contributed by atoms with van der Waals surface area (Å²) < 4.78 is 0. The van der Waals surface area contributed by atoms with Crippen molar-refractivity contribution in [2.45, 2.75) is 64.3 Å². The zero-order valence-electron chi connectivity index (χ0n) is 12.0. The predicted molar refractivity (Wildman–Crippen MR) is 75.6 cm³/mol. The molecule has 0 aromatic carbocycles. The molecule has 3 N–H and O–H groups in total. The van der Waals surface area contributed by atoms with Crippen molar-refractivity contribution in [3.63, 3.8) is 0 Å². The summed E-state index contributed by atoms with van der Waals surface area (Å²) in [5.41, 5.74) is 5.79. The molecular weight excluding hydrogens is 226 g/mol. The molecule has 4 nitrogen and oxygen atoms in total. The smallest absolute Gasteiger partial charge is 0.317 e. The minimum atomic E-state index is -0.167. The lowest BCUT2D eigenvalue weighted by Gasteiger charge is -2.37. The third-order valence-corrected chi connectivity index (χ3v) is 4.12. The summed E-state index contributed by atoms with van der Waals surface area (Å²) in [6.45, 7) is 6.08. The number of nitrogens with two attached hydrogens (primary N) is 1. The van der Waals surface area contributed by atoms with Gasteiger partial charge in [0, 0.05) is 19.6 Å². The van der Waals surface area contributed by atoms with Crippen LogP contribution >= 0.6 is 0 Å². The number of urea groups is 1. The number of nitrogens with one attached hydrogen (secondary N) is 1. The zero-order valence-corrected chi connectivity index (χ0v) is 12.0. The fourth-order valence-corrected chi connectivity index (χ4v) is 2.78. The van der Waals surface area contributed by atoms with E-state index < -0.39 is 0 Å². The monoisotopic (exact) mass is 255 g/mol. The van der Waals surface area contributed by atoms with Crippen molar-refractivity contribution in [2.75, 3.05) is 19.6 Å². The molecule has 0 spiro atoms. The molecule has 1 aliphatic rings. The first-order valence-corrected chi connectivity index (χ1v) is 7.44. The van der Waals surface area contributed by atoms with E-state index >= 15 is 0 Å². The topological polar surface area (TPSA) is 58.4 Å². The van der Waals surface area contributed by atoms with Crippen LogP contribution in [0.4, 0.5) is 4.79 Å². The summed E-state index contributed by atoms with van der Waals surface area (Å²) in [5, 5.41) is 3.21. The normalized spacial score (nSPS) is 19.7. The van der Waals surface area contributed by atoms with E-state index in [-0.39, 0.29) is 11.6 Å². The molecule has 18 heavy (non-hydrogen) atoms. The molecule has 0 saturated heterocycles. The molecule has 0 radical (unpaired) electrons. The first-order valence-electron chi connectivity index (χ1n) is 7.44. The number of hydrogen-bond acceptors (Lipinski definition) is 2. The van der Waals surface area contributed by atoms with Crippen LogP contribution in [0, 0.1) is 0 Å². The van der Waals surface area contributed by atoms with Gasteiger partial charge in [0.05, 0.1) is 5.54 Å². The molecular formula is C14H29N3O. The van der Waals surface area contributed by atoms with E-state index in [0.29, 0.717) is 6.54 Å². The maximum absolute atomic E-state index is 12.2. The van der Waals surface area contributed by atoms with Gasteiger partial charge in [-0.2, -0.15) is 0 Å². The van der Waals surface area contributed by atoms with Crippen molar-refractivity contribution in [3.05, 3.63) is 0 Å². The number of amides is 2. The van der Waals surface area contributed by atoms with E-state index in [0.717, 1.165) is 25.9 Å². The molecule has 0 aromatic heterocycles. The fraction of sp³-hybridized carbons (Fsp3) is 0.929. The van der Waals surface area contributed by atoms with Gasteiger partial charge in [-0.3, -0.25) is 0 Å². The van der Waals surface area contributed by atoms with Gasteiger partial charge < -0.3 is 16.0 Å². The van der Waals surface area contributed by atoms with E-state index in [1.807, 2.05) is 18.7 Å². The van der Waals surface area contributed by atoms with E-state index in [1.54, 1.807) is 0 Å². The maximum Gasteiger partial charge on any atom is 0.317 e. The molecule has 106 valence electrons. The number of carbonyl (C=O) groups excluding carboxylic acids is 1. The lowest BCUT2D eigenvalue weighted by atomic mass is 9.84. The van der Waals surface area contributed by atoms with Crippen molar-refractivity contribution < 1.29 is 4.79 Å². The fourth-order valence-electron chi connectivity index (χ4n) is 2.78. The van der Waals surface area contributed by atoms with Gasteiger partial charge in [-0.1, -0.05) is 32.1 Å². The summed E-state index contributed by atoms with van der Waals surface area (Å²) in [5.74, 6) is 0. The standard InChI is InChI=1S/C14H29N3O/c1-3-17(4-2)13(18)16-14(12-15)10-8-6-5-7-9-11-14/h3-12,15H2,1-2H3,(H,16,18). The third kappa shape index (κ3) is 4.16. The summed E-state index contributed by atoms with van der Waals surface area (Å²) in [6.07, 6.45) is 8.26. The first-order chi connectivity index (χ1) is 8.67. The van der Waals surface area contributed by atoms with Crippen LogP contribution in [0.15, 0.2) is 0 Å². The average molecular weight is 255 g/mol. The molecule has 1 fully saturated rings. The molecule has 1 rings (SSSR count). The second-order valence-electron chi connectivity index (χ2n) is 5.35. The van der Waals surface area contributed by atoms with Crippen LogP contribution in [0.5, 0.6) is 0 Å². The number of hydrogen-bond donors (Lipinski definition) is 2. The van der Waals surface area contributed by atoms with E-state index in [2.05, 4.69) is 5.32 Å². The third-order valence-electron chi connectivity index (χ3n) is 4.12. The summed E-state index contributed by atoms with van der Waals surface area (Å²) >= 11 is 0. The highest BCUT2D eigenvalue weighted by atomic mass is 16.2. The lowest BCUT2D eigenvalue weighted by molar-refractivity contribution is 0.178. The average Bonchev–Trinajstić information content (AvgIpc) is 2.34. The highest BCUT2D eigenvalue weighted by Crippen LogP contribution is 2.25. The molecule has 2 amide bonds. The van der Waals surface area contributed by atoms with Crippen molar-refractivity contribution in [1.82, 2.24) is 10.2 Å². The molecule has 4 heteroatoms. The minimum Gasteiger partial charge on any atom is -0.331 e. The highest BCUT2D eigenvalue weighted by molar-refractivity contribution is 5.75. The van der Waals surface area contributed by atoms with Crippen molar-refractivity contribution in [1.29, 1.82) is 0 Å². The van der Waals surface area contributed by atoms with Crippen LogP contribution in [0.1, 0.15) is 58.8 Å². The number of nitrogens with zero attached hydrogens (tertiary/aromatic N) is 1. The van der Waals surface area contributed by atoms with Gasteiger partial charge in [-0.15, -0.1) is 0 Å². The van der Waals surface area contributed by atoms with Gasteiger partial charge >= 0.3 is 6.03 Å². The summed E-state index contributed by atoms with van der Waals surface area (Å²) in [6, 6.07) is 0.0472. The number of rotatable bonds is 4. The van der Waals surface area contributed by atoms with Crippen LogP contribution in [0.2, 0.25) is 0 Å². The van der Waals surface area contributed by atoms with Gasteiger partial charge in [-0.05, 0) is 26.7 Å². The van der Waals surface area contributed by atoms with Gasteiger partial charge in [0.1, 0.15) is 0 Å². The molecule has 0 aromatic rings. The van der Waals surface area contributed by atoms with Gasteiger partial charge in [0.2, 0.25) is 0 Å². The van der Waals surface area contributed by atoms with Crippen LogP contribution in [0.3, 0.4) is 0 Å². The second-order valence-corrected chi connectivity index (χ2v) is 5.35. The minimum absolute atomic E-state index is 0.0472. The van der Waals surface area contributed by atoms with Crippen LogP contribution in [0.25, 0.3) is 0 Å². The van der Waals surface area contributed by atoms with Crippen LogP contribution in [-0.2, 0) is 0 Å². The molecule has 1 aliphatic carbocycles. The Morgan fingerprint density at radius 2 is 1.61 bits per heavy atom. The Balaban J connectivity index is 2.64. The predicted octanol–water partition coefficient (Wildman–Crippen LogP) is 2.48. The largest absolute Gasteiger partial charge is 0.331 e. The highest BCUT2D eigenvalue weighted by Gasteiger charge is 2.31. The maximum atomic E-state index is 12.2. The van der Waals surface area contributed by atoms with Crippen LogP contribution < -0.4 is 11.1 Å². The Morgan fingerprint density at radius 1 is 1.11 bits per heavy atom. The SMILES string of the molecule is CCN(CC)C(=O)NC1(CN)CCCCCCC1. The quantitative estimate of drug-likeness (QED) is 0.811. The zero-order chi connectivity index (χ0) is 13.4. The molecule has 0 heterocycles. The van der Waals surface area contributed by atoms with E-state index in [9.17, 15) is 4.79 Å². The number of carbonyl (C=O) groups is 1. The Bertz CT molecular complexity index is 243. The van der Waals surface area contributed by atoms with Crippen molar-refractivity contribution in [2.24, 2.45) is 5.73 Å². The Morgan fingerprint density at radius 3 is 2.06 bits per heavy atom. The van der Waals surface area contributed by atoms with Crippen molar-refractivity contribution >= 4 is 6.03 Å². The lowest BCUT2D eigenvalue weighted by Crippen LogP contribution is -2.57. The van der Waals surface area contributed by atoms with Crippen molar-refractivity contribution in [3.8, 4) is 0 Å². The first kappa shape index (κ1) is 15.3. The molecule has 0 unspecified atom stereocenters. The van der Waals surface area contributed by atoms with Crippen LogP contribution in [-0.4, -0.2) is 36.1 Å². The summed E-state index contributed by atoms with van der Waals surface area (Å²) in [7, 11) is 0. The molecule has 0 bridgehead atoms. The Kier molecular flexibility index (Phi) is 6.47.